The van der Waals surface area contributed by atoms with Gasteiger partial charge in [0.2, 0.25) is 0 Å². The van der Waals surface area contributed by atoms with Crippen LogP contribution in [0.15, 0.2) is 0 Å². The van der Waals surface area contributed by atoms with Crippen LogP contribution in [0, 0.1) is 5.41 Å². The van der Waals surface area contributed by atoms with Crippen LogP contribution in [0.2, 0.25) is 0 Å². The number of hydrogen-bond acceptors (Lipinski definition) is 3. The molecule has 1 aliphatic carbocycles. The van der Waals surface area contributed by atoms with E-state index in [0.29, 0.717) is 19.8 Å². The summed E-state index contributed by atoms with van der Waals surface area (Å²) in [4.78, 5) is 0. The maximum Gasteiger partial charge on any atom is 0.0700 e. The lowest BCUT2D eigenvalue weighted by atomic mass is 9.72. The van der Waals surface area contributed by atoms with Gasteiger partial charge in [-0.1, -0.05) is 19.3 Å². The normalized spacial score (nSPS) is 19.9. The highest BCUT2D eigenvalue weighted by Crippen LogP contribution is 2.39. The van der Waals surface area contributed by atoms with Crippen molar-refractivity contribution in [2.45, 2.75) is 44.9 Å². The van der Waals surface area contributed by atoms with Gasteiger partial charge >= 0.3 is 0 Å². The van der Waals surface area contributed by atoms with Gasteiger partial charge in [-0.25, -0.2) is 0 Å². The molecular weight excluding hydrogens is 204 g/mol. The minimum Gasteiger partial charge on any atom is -0.396 e. The first-order chi connectivity index (χ1) is 7.83. The molecule has 0 radical (unpaired) electrons. The highest BCUT2D eigenvalue weighted by molar-refractivity contribution is 4.81. The summed E-state index contributed by atoms with van der Waals surface area (Å²) in [5, 5.41) is 9.52. The molecule has 0 aromatic heterocycles. The summed E-state index contributed by atoms with van der Waals surface area (Å²) in [5.74, 6) is 0. The summed E-state index contributed by atoms with van der Waals surface area (Å²) in [7, 11) is 1.69. The molecule has 3 heteroatoms. The van der Waals surface area contributed by atoms with E-state index in [1.165, 1.54) is 32.1 Å². The zero-order chi connectivity index (χ0) is 11.7. The van der Waals surface area contributed by atoms with Crippen molar-refractivity contribution in [3.8, 4) is 0 Å². The zero-order valence-corrected chi connectivity index (χ0v) is 10.5. The van der Waals surface area contributed by atoms with Crippen LogP contribution in [0.4, 0.5) is 0 Å². The largest absolute Gasteiger partial charge is 0.396 e. The molecule has 1 saturated carbocycles. The molecule has 0 amide bonds. The van der Waals surface area contributed by atoms with Crippen LogP contribution >= 0.6 is 0 Å². The van der Waals surface area contributed by atoms with Crippen molar-refractivity contribution in [1.82, 2.24) is 0 Å². The molecule has 96 valence electrons. The van der Waals surface area contributed by atoms with Crippen LogP contribution in [0.5, 0.6) is 0 Å². The lowest BCUT2D eigenvalue weighted by molar-refractivity contribution is 0.0416. The van der Waals surface area contributed by atoms with Gasteiger partial charge in [0.15, 0.2) is 0 Å². The van der Waals surface area contributed by atoms with Gasteiger partial charge < -0.3 is 14.6 Å². The second-order valence-corrected chi connectivity index (χ2v) is 4.93. The zero-order valence-electron chi connectivity index (χ0n) is 10.5. The fourth-order valence-corrected chi connectivity index (χ4v) is 2.58. The van der Waals surface area contributed by atoms with Crippen molar-refractivity contribution in [2.75, 3.05) is 33.5 Å². The molecule has 0 saturated heterocycles. The molecule has 0 aromatic carbocycles. The Morgan fingerprint density at radius 3 is 2.44 bits per heavy atom. The number of ether oxygens (including phenoxy) is 2. The molecule has 0 unspecified atom stereocenters. The number of aliphatic hydroxyl groups excluding tert-OH is 1. The van der Waals surface area contributed by atoms with E-state index in [1.54, 1.807) is 7.11 Å². The SMILES string of the molecule is COCCOCCCC1(CO)CCCCC1. The average molecular weight is 230 g/mol. The fourth-order valence-electron chi connectivity index (χ4n) is 2.58. The van der Waals surface area contributed by atoms with E-state index in [1.807, 2.05) is 0 Å². The maximum absolute atomic E-state index is 9.52. The molecule has 1 fully saturated rings. The second kappa shape index (κ2) is 8.04. The average Bonchev–Trinajstić information content (AvgIpc) is 2.35. The van der Waals surface area contributed by atoms with Gasteiger partial charge in [0.05, 0.1) is 13.2 Å². The fraction of sp³-hybridized carbons (Fsp3) is 1.00. The molecule has 0 bridgehead atoms. The summed E-state index contributed by atoms with van der Waals surface area (Å²) >= 11 is 0. The van der Waals surface area contributed by atoms with E-state index in [0.717, 1.165) is 19.4 Å². The molecule has 0 heterocycles. The standard InChI is InChI=1S/C13H26O3/c1-15-10-11-16-9-5-8-13(12-14)6-3-2-4-7-13/h14H,2-12H2,1H3. The van der Waals surface area contributed by atoms with Gasteiger partial charge in [0.25, 0.3) is 0 Å². The van der Waals surface area contributed by atoms with E-state index in [4.69, 9.17) is 9.47 Å². The van der Waals surface area contributed by atoms with Gasteiger partial charge in [0.1, 0.15) is 0 Å². The summed E-state index contributed by atoms with van der Waals surface area (Å²) in [6, 6.07) is 0. The van der Waals surface area contributed by atoms with E-state index >= 15 is 0 Å². The molecule has 0 spiro atoms. The lowest BCUT2D eigenvalue weighted by Crippen LogP contribution is -2.28. The third-order valence-electron chi connectivity index (χ3n) is 3.68. The highest BCUT2D eigenvalue weighted by Gasteiger charge is 2.30. The Labute approximate surface area is 99.1 Å². The van der Waals surface area contributed by atoms with Crippen molar-refractivity contribution < 1.29 is 14.6 Å². The van der Waals surface area contributed by atoms with Gasteiger partial charge in [0, 0.05) is 20.3 Å². The van der Waals surface area contributed by atoms with E-state index < -0.39 is 0 Å². The number of aliphatic hydroxyl groups is 1. The lowest BCUT2D eigenvalue weighted by Gasteiger charge is -2.35. The van der Waals surface area contributed by atoms with Crippen molar-refractivity contribution in [2.24, 2.45) is 5.41 Å². The third-order valence-corrected chi connectivity index (χ3v) is 3.68. The predicted molar refractivity (Wildman–Crippen MR) is 64.5 cm³/mol. The molecule has 0 aromatic rings. The summed E-state index contributed by atoms with van der Waals surface area (Å²) in [6.45, 7) is 2.50. The maximum atomic E-state index is 9.52. The molecule has 16 heavy (non-hydrogen) atoms. The molecule has 1 N–H and O–H groups in total. The smallest absolute Gasteiger partial charge is 0.0700 e. The minimum atomic E-state index is 0.211. The van der Waals surface area contributed by atoms with Crippen molar-refractivity contribution >= 4 is 0 Å². The number of rotatable bonds is 8. The molecule has 0 atom stereocenters. The van der Waals surface area contributed by atoms with Crippen molar-refractivity contribution in [1.29, 1.82) is 0 Å². The minimum absolute atomic E-state index is 0.211. The van der Waals surface area contributed by atoms with Crippen LogP contribution in [0.25, 0.3) is 0 Å². The molecule has 3 nitrogen and oxygen atoms in total. The van der Waals surface area contributed by atoms with Gasteiger partial charge in [-0.2, -0.15) is 0 Å². The summed E-state index contributed by atoms with van der Waals surface area (Å²) < 4.78 is 10.4. The quantitative estimate of drug-likeness (QED) is 0.651. The Morgan fingerprint density at radius 2 is 1.81 bits per heavy atom. The van der Waals surface area contributed by atoms with E-state index in [2.05, 4.69) is 0 Å². The Kier molecular flexibility index (Phi) is 7.01. The third kappa shape index (κ3) is 4.81. The van der Waals surface area contributed by atoms with Gasteiger partial charge in [-0.3, -0.25) is 0 Å². The second-order valence-electron chi connectivity index (χ2n) is 4.93. The van der Waals surface area contributed by atoms with Crippen molar-refractivity contribution in [3.05, 3.63) is 0 Å². The van der Waals surface area contributed by atoms with E-state index in [-0.39, 0.29) is 5.41 Å². The van der Waals surface area contributed by atoms with Crippen LogP contribution in [0.1, 0.15) is 44.9 Å². The Bertz CT molecular complexity index is 165. The number of methoxy groups -OCH3 is 1. The predicted octanol–water partition coefficient (Wildman–Crippen LogP) is 2.37. The van der Waals surface area contributed by atoms with E-state index in [9.17, 15) is 5.11 Å². The van der Waals surface area contributed by atoms with Crippen LogP contribution in [-0.4, -0.2) is 38.6 Å². The first-order valence-corrected chi connectivity index (χ1v) is 6.50. The van der Waals surface area contributed by atoms with Crippen molar-refractivity contribution in [3.63, 3.8) is 0 Å². The molecule has 1 rings (SSSR count). The van der Waals surface area contributed by atoms with Crippen LogP contribution in [-0.2, 0) is 9.47 Å². The Morgan fingerprint density at radius 1 is 1.06 bits per heavy atom. The topological polar surface area (TPSA) is 38.7 Å². The Hall–Kier alpha value is -0.120. The first kappa shape index (κ1) is 13.9. The molecule has 0 aliphatic heterocycles. The highest BCUT2D eigenvalue weighted by atomic mass is 16.5. The summed E-state index contributed by atoms with van der Waals surface area (Å²) in [5.41, 5.74) is 0.211. The van der Waals surface area contributed by atoms with Gasteiger partial charge in [-0.05, 0) is 31.1 Å². The molecule has 1 aliphatic rings. The first-order valence-electron chi connectivity index (χ1n) is 6.50. The van der Waals surface area contributed by atoms with Gasteiger partial charge in [-0.15, -0.1) is 0 Å². The monoisotopic (exact) mass is 230 g/mol. The van der Waals surface area contributed by atoms with Crippen LogP contribution < -0.4 is 0 Å². The summed E-state index contributed by atoms with van der Waals surface area (Å²) in [6.07, 6.45) is 8.46. The van der Waals surface area contributed by atoms with Crippen LogP contribution in [0.3, 0.4) is 0 Å². The number of hydrogen-bond donors (Lipinski definition) is 1. The Balaban J connectivity index is 2.08. The molecular formula is C13H26O3.